The highest BCUT2D eigenvalue weighted by atomic mass is 32.2. The fraction of sp³-hybridized carbons (Fsp3) is 0.464. The van der Waals surface area contributed by atoms with E-state index in [0.717, 1.165) is 31.2 Å². The molecule has 1 spiro atoms. The molecule has 37 heavy (non-hydrogen) atoms. The third-order valence-corrected chi connectivity index (χ3v) is 8.99. The van der Waals surface area contributed by atoms with Gasteiger partial charge in [0.05, 0.1) is 11.9 Å². The molecule has 1 aliphatic carbocycles. The van der Waals surface area contributed by atoms with Crippen molar-refractivity contribution in [3.8, 4) is 5.75 Å². The number of carbonyl (C=O) groups is 3. The average Bonchev–Trinajstić information content (AvgIpc) is 3.30. The summed E-state index contributed by atoms with van der Waals surface area (Å²) in [4.78, 5) is 41.6. The van der Waals surface area contributed by atoms with Crippen LogP contribution in [-0.2, 0) is 16.0 Å². The number of aromatic hydroxyl groups is 1. The lowest BCUT2D eigenvalue weighted by molar-refractivity contribution is -0.148. The summed E-state index contributed by atoms with van der Waals surface area (Å²) in [5, 5.41) is 27.2. The lowest BCUT2D eigenvalue weighted by Crippen LogP contribution is -2.61. The van der Waals surface area contributed by atoms with Crippen molar-refractivity contribution >= 4 is 29.5 Å². The number of amides is 3. The van der Waals surface area contributed by atoms with Crippen molar-refractivity contribution in [2.45, 2.75) is 68.9 Å². The van der Waals surface area contributed by atoms with Crippen molar-refractivity contribution < 1.29 is 24.6 Å². The van der Waals surface area contributed by atoms with Gasteiger partial charge in [-0.2, -0.15) is 0 Å². The second kappa shape index (κ2) is 11.6. The van der Waals surface area contributed by atoms with Gasteiger partial charge < -0.3 is 25.7 Å². The topological polar surface area (TPSA) is 119 Å². The number of aliphatic hydroxyl groups is 1. The van der Waals surface area contributed by atoms with Crippen molar-refractivity contribution in [1.82, 2.24) is 15.5 Å². The van der Waals surface area contributed by atoms with Crippen LogP contribution in [0.2, 0.25) is 0 Å². The number of nitrogens with zero attached hydrogens (tertiary/aromatic N) is 1. The molecule has 1 heterocycles. The van der Waals surface area contributed by atoms with Gasteiger partial charge in [0.1, 0.15) is 11.8 Å². The van der Waals surface area contributed by atoms with Gasteiger partial charge in [0.2, 0.25) is 5.91 Å². The first-order valence-corrected chi connectivity index (χ1v) is 13.8. The Labute approximate surface area is 221 Å². The lowest BCUT2D eigenvalue weighted by atomic mass is 9.77. The Balaban J connectivity index is 1.59. The van der Waals surface area contributed by atoms with E-state index in [1.54, 1.807) is 30.8 Å². The molecule has 8 nitrogen and oxygen atoms in total. The number of rotatable bonds is 9. The van der Waals surface area contributed by atoms with Crippen LogP contribution in [-0.4, -0.2) is 68.2 Å². The van der Waals surface area contributed by atoms with Crippen LogP contribution < -0.4 is 10.6 Å². The highest BCUT2D eigenvalue weighted by Crippen LogP contribution is 2.53. The standard InChI is InChI=1S/C28H35N3O5S/c1-3-15-29-26(35)24-28(13-8-14-28)37-17-31(24)27(36)23(33)21(16-19-9-5-4-6-10-19)30-25(34)20-11-7-12-22(32)18(20)2/h4-7,9-12,21,23-24,32-33H,3,8,13-17H2,1-2H3,(H,29,35)(H,30,34). The number of aliphatic hydroxyl groups excluding tert-OH is 1. The Morgan fingerprint density at radius 1 is 1.14 bits per heavy atom. The van der Waals surface area contributed by atoms with Crippen LogP contribution in [0.5, 0.6) is 5.75 Å². The zero-order valence-electron chi connectivity index (χ0n) is 21.3. The van der Waals surface area contributed by atoms with Gasteiger partial charge in [-0.3, -0.25) is 14.4 Å². The van der Waals surface area contributed by atoms with Crippen LogP contribution in [0.15, 0.2) is 48.5 Å². The fourth-order valence-electron chi connectivity index (χ4n) is 5.06. The minimum absolute atomic E-state index is 0.00953. The van der Waals surface area contributed by atoms with Crippen LogP contribution in [0.1, 0.15) is 54.1 Å². The Morgan fingerprint density at radius 3 is 2.51 bits per heavy atom. The molecule has 2 aromatic rings. The molecule has 9 heteroatoms. The molecule has 0 radical (unpaired) electrons. The lowest BCUT2D eigenvalue weighted by Gasteiger charge is -2.43. The first-order chi connectivity index (χ1) is 17.8. The molecule has 4 N–H and O–H groups in total. The number of hydrogen-bond donors (Lipinski definition) is 4. The van der Waals surface area contributed by atoms with Gasteiger partial charge in [-0.05, 0) is 50.3 Å². The summed E-state index contributed by atoms with van der Waals surface area (Å²) in [6.45, 7) is 4.13. The van der Waals surface area contributed by atoms with Crippen molar-refractivity contribution in [3.63, 3.8) is 0 Å². The molecule has 2 fully saturated rings. The molecular weight excluding hydrogens is 490 g/mol. The Morgan fingerprint density at radius 2 is 1.86 bits per heavy atom. The van der Waals surface area contributed by atoms with Gasteiger partial charge in [0.25, 0.3) is 11.8 Å². The zero-order valence-corrected chi connectivity index (χ0v) is 22.1. The summed E-state index contributed by atoms with van der Waals surface area (Å²) >= 11 is 1.60. The molecule has 3 atom stereocenters. The van der Waals surface area contributed by atoms with Gasteiger partial charge in [0, 0.05) is 22.4 Å². The number of carbonyl (C=O) groups excluding carboxylic acids is 3. The van der Waals surface area contributed by atoms with Crippen LogP contribution in [0.25, 0.3) is 0 Å². The normalized spacial score (nSPS) is 19.6. The van der Waals surface area contributed by atoms with E-state index in [4.69, 9.17) is 0 Å². The van der Waals surface area contributed by atoms with E-state index in [2.05, 4.69) is 10.6 Å². The van der Waals surface area contributed by atoms with Crippen LogP contribution in [0.3, 0.4) is 0 Å². The number of phenols is 1. The molecule has 0 aromatic heterocycles. The molecule has 3 unspecified atom stereocenters. The molecule has 4 rings (SSSR count). The van der Waals surface area contributed by atoms with Gasteiger partial charge >= 0.3 is 0 Å². The number of hydrogen-bond acceptors (Lipinski definition) is 6. The molecule has 0 bridgehead atoms. The van der Waals surface area contributed by atoms with Gasteiger partial charge in [-0.25, -0.2) is 0 Å². The summed E-state index contributed by atoms with van der Waals surface area (Å²) in [6, 6.07) is 12.4. The number of nitrogens with one attached hydrogen (secondary N) is 2. The minimum Gasteiger partial charge on any atom is -0.508 e. The SMILES string of the molecule is CCCNC(=O)C1N(C(=O)C(O)C(Cc2ccccc2)NC(=O)c2cccc(O)c2C)CSC12CCC2. The summed E-state index contributed by atoms with van der Waals surface area (Å²) in [7, 11) is 0. The Hall–Kier alpha value is -3.04. The molecule has 1 aliphatic heterocycles. The third kappa shape index (κ3) is 5.62. The summed E-state index contributed by atoms with van der Waals surface area (Å²) in [5.41, 5.74) is 1.52. The predicted molar refractivity (Wildman–Crippen MR) is 143 cm³/mol. The quantitative estimate of drug-likeness (QED) is 0.400. The number of phenolic OH excluding ortho intramolecular Hbond substituents is 1. The largest absolute Gasteiger partial charge is 0.508 e. The van der Waals surface area contributed by atoms with Crippen LogP contribution >= 0.6 is 11.8 Å². The summed E-state index contributed by atoms with van der Waals surface area (Å²) in [5.74, 6) is -0.945. The minimum atomic E-state index is -1.56. The number of benzene rings is 2. The number of thioether (sulfide) groups is 1. The van der Waals surface area contributed by atoms with Crippen molar-refractivity contribution in [2.75, 3.05) is 12.4 Å². The summed E-state index contributed by atoms with van der Waals surface area (Å²) < 4.78 is -0.315. The van der Waals surface area contributed by atoms with E-state index in [9.17, 15) is 24.6 Å². The van der Waals surface area contributed by atoms with E-state index < -0.39 is 30.0 Å². The van der Waals surface area contributed by atoms with Gasteiger partial charge in [-0.1, -0.05) is 49.7 Å². The first kappa shape index (κ1) is 27.0. The highest BCUT2D eigenvalue weighted by molar-refractivity contribution is 8.01. The smallest absolute Gasteiger partial charge is 0.254 e. The highest BCUT2D eigenvalue weighted by Gasteiger charge is 2.57. The first-order valence-electron chi connectivity index (χ1n) is 12.8. The van der Waals surface area contributed by atoms with Crippen LogP contribution in [0.4, 0.5) is 0 Å². The van der Waals surface area contributed by atoms with Gasteiger partial charge in [-0.15, -0.1) is 11.8 Å². The third-order valence-electron chi connectivity index (χ3n) is 7.38. The monoisotopic (exact) mass is 525 g/mol. The molecule has 198 valence electrons. The van der Waals surface area contributed by atoms with Gasteiger partial charge in [0.15, 0.2) is 6.10 Å². The maximum absolute atomic E-state index is 13.7. The maximum atomic E-state index is 13.7. The predicted octanol–water partition coefficient (Wildman–Crippen LogP) is 2.75. The van der Waals surface area contributed by atoms with Crippen LogP contribution in [0, 0.1) is 6.92 Å². The molecule has 1 saturated carbocycles. The molecule has 2 aromatic carbocycles. The average molecular weight is 526 g/mol. The second-order valence-corrected chi connectivity index (χ2v) is 11.2. The maximum Gasteiger partial charge on any atom is 0.254 e. The van der Waals surface area contributed by atoms with E-state index in [-0.39, 0.29) is 28.4 Å². The molecule has 1 saturated heterocycles. The zero-order chi connectivity index (χ0) is 26.6. The molecule has 3 amide bonds. The fourth-order valence-corrected chi connectivity index (χ4v) is 6.70. The molecular formula is C28H35N3O5S. The molecule has 2 aliphatic rings. The van der Waals surface area contributed by atoms with Crippen molar-refractivity contribution in [3.05, 3.63) is 65.2 Å². The van der Waals surface area contributed by atoms with E-state index in [0.29, 0.717) is 18.0 Å². The Kier molecular flexibility index (Phi) is 8.44. The van der Waals surface area contributed by atoms with Crippen molar-refractivity contribution in [2.24, 2.45) is 0 Å². The van der Waals surface area contributed by atoms with Crippen molar-refractivity contribution in [1.29, 1.82) is 0 Å². The summed E-state index contributed by atoms with van der Waals surface area (Å²) in [6.07, 6.45) is 2.15. The Bertz CT molecular complexity index is 1140. The van der Waals surface area contributed by atoms with E-state index in [1.807, 2.05) is 37.3 Å². The van der Waals surface area contributed by atoms with E-state index in [1.165, 1.54) is 11.0 Å². The van der Waals surface area contributed by atoms with E-state index >= 15 is 0 Å². The second-order valence-electron chi connectivity index (χ2n) is 9.86.